The molecular weight excluding hydrogens is 170 g/mol. The lowest BCUT2D eigenvalue weighted by atomic mass is 10.3. The molecule has 13 heavy (non-hydrogen) atoms. The first kappa shape index (κ1) is 10.0. The van der Waals surface area contributed by atoms with E-state index in [0.29, 0.717) is 6.42 Å². The fourth-order valence-corrected chi connectivity index (χ4v) is 1.31. The fraction of sp³-hybridized carbons (Fsp3) is 0.667. The normalized spacial score (nSPS) is 27.3. The maximum Gasteiger partial charge on any atom is 0.223 e. The van der Waals surface area contributed by atoms with Crippen LogP contribution in [0.4, 0.5) is 0 Å². The average Bonchev–Trinajstić information content (AvgIpc) is 2.43. The molecule has 1 saturated heterocycles. The Bertz CT molecular complexity index is 224. The van der Waals surface area contributed by atoms with E-state index in [1.54, 1.807) is 0 Å². The number of terminal acetylenes is 1. The third kappa shape index (κ3) is 2.44. The molecule has 0 aliphatic carbocycles. The maximum absolute atomic E-state index is 11.3. The zero-order valence-electron chi connectivity index (χ0n) is 7.31. The summed E-state index contributed by atoms with van der Waals surface area (Å²) >= 11 is 0. The highest BCUT2D eigenvalue weighted by molar-refractivity contribution is 5.76. The summed E-state index contributed by atoms with van der Waals surface area (Å²) in [5.74, 6) is 2.27. The molecule has 1 fully saturated rings. The van der Waals surface area contributed by atoms with Gasteiger partial charge in [0.05, 0.1) is 12.2 Å². The van der Waals surface area contributed by atoms with E-state index in [1.807, 2.05) is 0 Å². The van der Waals surface area contributed by atoms with Crippen molar-refractivity contribution in [3.05, 3.63) is 0 Å². The van der Waals surface area contributed by atoms with Gasteiger partial charge in [0.15, 0.2) is 0 Å². The predicted octanol–water partition coefficient (Wildman–Crippen LogP) is -1.04. The topological polar surface area (TPSA) is 60.8 Å². The van der Waals surface area contributed by atoms with Crippen LogP contribution in [-0.4, -0.2) is 46.3 Å². The van der Waals surface area contributed by atoms with Gasteiger partial charge in [-0.1, -0.05) is 0 Å². The molecule has 1 aliphatic heterocycles. The minimum Gasteiger partial charge on any atom is -0.388 e. The molecule has 0 radical (unpaired) electrons. The highest BCUT2D eigenvalue weighted by atomic mass is 16.3. The van der Waals surface area contributed by atoms with Crippen molar-refractivity contribution < 1.29 is 15.0 Å². The van der Waals surface area contributed by atoms with Crippen LogP contribution in [0, 0.1) is 12.3 Å². The molecule has 4 heteroatoms. The van der Waals surface area contributed by atoms with Crippen LogP contribution in [0.3, 0.4) is 0 Å². The van der Waals surface area contributed by atoms with Gasteiger partial charge in [0, 0.05) is 25.9 Å². The third-order valence-electron chi connectivity index (χ3n) is 2.09. The van der Waals surface area contributed by atoms with Gasteiger partial charge >= 0.3 is 0 Å². The molecule has 4 nitrogen and oxygen atoms in total. The maximum atomic E-state index is 11.3. The molecule has 2 N–H and O–H groups in total. The van der Waals surface area contributed by atoms with Crippen LogP contribution < -0.4 is 0 Å². The minimum absolute atomic E-state index is 0.103. The standard InChI is InChI=1S/C9H13NO3/c1-2-3-4-9(13)10-5-7(11)8(12)6-10/h1,7-8,11-12H,3-6H2/t7-,8+. The van der Waals surface area contributed by atoms with E-state index in [9.17, 15) is 4.79 Å². The fourth-order valence-electron chi connectivity index (χ4n) is 1.31. The molecule has 0 spiro atoms. The smallest absolute Gasteiger partial charge is 0.223 e. The summed E-state index contributed by atoms with van der Waals surface area (Å²) < 4.78 is 0. The second kappa shape index (κ2) is 4.26. The summed E-state index contributed by atoms with van der Waals surface area (Å²) in [4.78, 5) is 12.7. The van der Waals surface area contributed by atoms with Crippen molar-refractivity contribution in [1.29, 1.82) is 0 Å². The SMILES string of the molecule is C#CCCC(=O)N1C[C@@H](O)[C@@H](O)C1. The van der Waals surface area contributed by atoms with Crippen LogP contribution in [0.15, 0.2) is 0 Å². The highest BCUT2D eigenvalue weighted by Crippen LogP contribution is 2.11. The van der Waals surface area contributed by atoms with E-state index in [2.05, 4.69) is 5.92 Å². The second-order valence-electron chi connectivity index (χ2n) is 3.14. The van der Waals surface area contributed by atoms with Gasteiger partial charge in [-0.3, -0.25) is 4.79 Å². The summed E-state index contributed by atoms with van der Waals surface area (Å²) in [7, 11) is 0. The molecule has 1 heterocycles. The van der Waals surface area contributed by atoms with Gasteiger partial charge in [-0.05, 0) is 0 Å². The summed E-state index contributed by atoms with van der Waals surface area (Å²) in [5.41, 5.74) is 0. The van der Waals surface area contributed by atoms with Crippen LogP contribution in [0.25, 0.3) is 0 Å². The van der Waals surface area contributed by atoms with Crippen molar-refractivity contribution in [2.75, 3.05) is 13.1 Å². The Hall–Kier alpha value is -1.05. The molecule has 2 atom stereocenters. The van der Waals surface area contributed by atoms with E-state index in [-0.39, 0.29) is 25.4 Å². The van der Waals surface area contributed by atoms with E-state index in [0.717, 1.165) is 0 Å². The quantitative estimate of drug-likeness (QED) is 0.538. The number of amides is 1. The zero-order chi connectivity index (χ0) is 9.84. The van der Waals surface area contributed by atoms with Gasteiger partial charge in [0.2, 0.25) is 5.91 Å². The number of hydrogen-bond acceptors (Lipinski definition) is 3. The number of β-amino-alcohol motifs (C(OH)–C–C–N with tert-alkyl or cyclic N) is 2. The molecule has 0 saturated carbocycles. The summed E-state index contributed by atoms with van der Waals surface area (Å²) in [6, 6.07) is 0. The van der Waals surface area contributed by atoms with Crippen LogP contribution >= 0.6 is 0 Å². The number of likely N-dealkylation sites (tertiary alicyclic amines) is 1. The van der Waals surface area contributed by atoms with E-state index < -0.39 is 12.2 Å². The number of rotatable bonds is 2. The van der Waals surface area contributed by atoms with Crippen molar-refractivity contribution in [2.24, 2.45) is 0 Å². The monoisotopic (exact) mass is 183 g/mol. The average molecular weight is 183 g/mol. The number of nitrogens with zero attached hydrogens (tertiary/aromatic N) is 1. The Morgan fingerprint density at radius 2 is 2.00 bits per heavy atom. The molecule has 0 bridgehead atoms. The minimum atomic E-state index is -0.810. The Kier molecular flexibility index (Phi) is 3.29. The predicted molar refractivity (Wildman–Crippen MR) is 46.7 cm³/mol. The van der Waals surface area contributed by atoms with Crippen LogP contribution in [0.2, 0.25) is 0 Å². The van der Waals surface area contributed by atoms with Crippen molar-refractivity contribution in [3.63, 3.8) is 0 Å². The lowest BCUT2D eigenvalue weighted by Gasteiger charge is -2.13. The van der Waals surface area contributed by atoms with Gasteiger partial charge < -0.3 is 15.1 Å². The number of carbonyl (C=O) groups excluding carboxylic acids is 1. The highest BCUT2D eigenvalue weighted by Gasteiger charge is 2.31. The Labute approximate surface area is 77.2 Å². The number of hydrogen-bond donors (Lipinski definition) is 2. The van der Waals surface area contributed by atoms with E-state index in [1.165, 1.54) is 4.90 Å². The first-order valence-electron chi connectivity index (χ1n) is 4.22. The first-order valence-corrected chi connectivity index (χ1v) is 4.22. The number of aliphatic hydroxyl groups is 2. The van der Waals surface area contributed by atoms with Crippen molar-refractivity contribution >= 4 is 5.91 Å². The Morgan fingerprint density at radius 1 is 1.46 bits per heavy atom. The molecule has 72 valence electrons. The van der Waals surface area contributed by atoms with E-state index >= 15 is 0 Å². The first-order chi connectivity index (χ1) is 6.15. The lowest BCUT2D eigenvalue weighted by molar-refractivity contribution is -0.130. The van der Waals surface area contributed by atoms with Crippen LogP contribution in [0.5, 0.6) is 0 Å². The largest absolute Gasteiger partial charge is 0.388 e. The Morgan fingerprint density at radius 3 is 2.46 bits per heavy atom. The molecule has 0 aromatic heterocycles. The third-order valence-corrected chi connectivity index (χ3v) is 2.09. The zero-order valence-corrected chi connectivity index (χ0v) is 7.31. The molecule has 1 rings (SSSR count). The summed E-state index contributed by atoms with van der Waals surface area (Å²) in [6.45, 7) is 0.426. The van der Waals surface area contributed by atoms with Gasteiger partial charge in [-0.25, -0.2) is 0 Å². The summed E-state index contributed by atoms with van der Waals surface area (Å²) in [5, 5.41) is 18.3. The molecule has 0 aromatic carbocycles. The molecule has 0 unspecified atom stereocenters. The molecule has 1 aliphatic rings. The molecule has 1 amide bonds. The number of aliphatic hydroxyl groups excluding tert-OH is 2. The van der Waals surface area contributed by atoms with Crippen molar-refractivity contribution in [2.45, 2.75) is 25.0 Å². The molecule has 0 aromatic rings. The van der Waals surface area contributed by atoms with E-state index in [4.69, 9.17) is 16.6 Å². The summed E-state index contributed by atoms with van der Waals surface area (Å²) in [6.07, 6.45) is 4.08. The van der Waals surface area contributed by atoms with Crippen LogP contribution in [-0.2, 0) is 4.79 Å². The second-order valence-corrected chi connectivity index (χ2v) is 3.14. The molecular formula is C9H13NO3. The van der Waals surface area contributed by atoms with Gasteiger partial charge in [0.25, 0.3) is 0 Å². The van der Waals surface area contributed by atoms with Gasteiger partial charge in [-0.2, -0.15) is 0 Å². The number of carbonyl (C=O) groups is 1. The van der Waals surface area contributed by atoms with Gasteiger partial charge in [-0.15, -0.1) is 12.3 Å². The van der Waals surface area contributed by atoms with Crippen molar-refractivity contribution in [1.82, 2.24) is 4.90 Å². The van der Waals surface area contributed by atoms with Crippen LogP contribution in [0.1, 0.15) is 12.8 Å². The lowest BCUT2D eigenvalue weighted by Crippen LogP contribution is -2.29. The Balaban J connectivity index is 2.38. The van der Waals surface area contributed by atoms with Gasteiger partial charge in [0.1, 0.15) is 0 Å². The van der Waals surface area contributed by atoms with Crippen molar-refractivity contribution in [3.8, 4) is 12.3 Å².